The normalized spacial score (nSPS) is 14.8. The van der Waals surface area contributed by atoms with Gasteiger partial charge in [0.15, 0.2) is 22.9 Å². The number of nitrogens with zero attached hydrogens (tertiary/aromatic N) is 2. The molecule has 0 saturated heterocycles. The highest BCUT2D eigenvalue weighted by Gasteiger charge is 2.33. The highest BCUT2D eigenvalue weighted by atomic mass is 32.1. The predicted octanol–water partition coefficient (Wildman–Crippen LogP) is 2.46. The van der Waals surface area contributed by atoms with Crippen molar-refractivity contribution in [2.75, 3.05) is 26.4 Å². The molecule has 2 N–H and O–H groups in total. The molecule has 2 aromatic carbocycles. The third-order valence-corrected chi connectivity index (χ3v) is 6.94. The summed E-state index contributed by atoms with van der Waals surface area (Å²) in [5.74, 6) is 0.338. The SMILES string of the molecule is CCOC(=O)C1=C(C)N=c2s/c(=C/c3ccc(OCC(N)=O)c(OCC)c3)c(=O)n2[C@H]1c1ccc(OCC)cc1. The number of fused-ring (bicyclic) bond motifs is 1. The van der Waals surface area contributed by atoms with Crippen molar-refractivity contribution < 1.29 is 28.5 Å². The lowest BCUT2D eigenvalue weighted by molar-refractivity contribution is -0.139. The summed E-state index contributed by atoms with van der Waals surface area (Å²) in [6.07, 6.45) is 1.73. The van der Waals surface area contributed by atoms with Crippen molar-refractivity contribution in [1.82, 2.24) is 4.57 Å². The second-order valence-corrected chi connectivity index (χ2v) is 9.71. The minimum absolute atomic E-state index is 0.192. The van der Waals surface area contributed by atoms with Gasteiger partial charge < -0.3 is 24.7 Å². The van der Waals surface area contributed by atoms with Crippen LogP contribution in [0.15, 0.2) is 63.5 Å². The number of benzene rings is 2. The van der Waals surface area contributed by atoms with Gasteiger partial charge in [-0.05, 0) is 69.2 Å². The number of ether oxygens (including phenoxy) is 4. The molecule has 40 heavy (non-hydrogen) atoms. The van der Waals surface area contributed by atoms with E-state index in [1.807, 2.05) is 38.1 Å². The Labute approximate surface area is 235 Å². The number of aromatic nitrogens is 1. The monoisotopic (exact) mass is 565 g/mol. The maximum atomic E-state index is 13.8. The van der Waals surface area contributed by atoms with Gasteiger partial charge in [-0.25, -0.2) is 9.79 Å². The van der Waals surface area contributed by atoms with Crippen LogP contribution in [0.25, 0.3) is 6.08 Å². The average Bonchev–Trinajstić information content (AvgIpc) is 3.22. The zero-order valence-electron chi connectivity index (χ0n) is 22.8. The van der Waals surface area contributed by atoms with Crippen LogP contribution < -0.4 is 34.8 Å². The van der Waals surface area contributed by atoms with Gasteiger partial charge in [0, 0.05) is 0 Å². The number of nitrogens with two attached hydrogens (primary N) is 1. The van der Waals surface area contributed by atoms with Crippen molar-refractivity contribution in [3.63, 3.8) is 0 Å². The van der Waals surface area contributed by atoms with Gasteiger partial charge in [0.1, 0.15) is 5.75 Å². The molecule has 1 amide bonds. The lowest BCUT2D eigenvalue weighted by atomic mass is 9.96. The molecular formula is C29H31N3O7S. The molecule has 0 saturated carbocycles. The van der Waals surface area contributed by atoms with Crippen molar-refractivity contribution in [2.45, 2.75) is 33.7 Å². The minimum Gasteiger partial charge on any atom is -0.494 e. The van der Waals surface area contributed by atoms with Crippen molar-refractivity contribution in [3.05, 3.63) is 84.5 Å². The number of primary amides is 1. The number of hydrogen-bond donors (Lipinski definition) is 1. The van der Waals surface area contributed by atoms with E-state index in [0.29, 0.717) is 56.6 Å². The maximum Gasteiger partial charge on any atom is 0.338 e. The highest BCUT2D eigenvalue weighted by Crippen LogP contribution is 2.32. The quantitative estimate of drug-likeness (QED) is 0.353. The average molecular weight is 566 g/mol. The molecule has 3 aromatic rings. The summed E-state index contributed by atoms with van der Waals surface area (Å²) in [6, 6.07) is 11.7. The van der Waals surface area contributed by atoms with Crippen LogP contribution in [0, 0.1) is 0 Å². The van der Waals surface area contributed by atoms with Gasteiger partial charge in [-0.1, -0.05) is 29.5 Å². The zero-order chi connectivity index (χ0) is 28.8. The highest BCUT2D eigenvalue weighted by molar-refractivity contribution is 7.07. The van der Waals surface area contributed by atoms with Gasteiger partial charge in [-0.2, -0.15) is 0 Å². The summed E-state index contributed by atoms with van der Waals surface area (Å²) in [5.41, 5.74) is 7.09. The number of hydrogen-bond acceptors (Lipinski definition) is 9. The first-order chi connectivity index (χ1) is 19.3. The summed E-state index contributed by atoms with van der Waals surface area (Å²) in [7, 11) is 0. The molecule has 4 rings (SSSR count). The second kappa shape index (κ2) is 12.6. The van der Waals surface area contributed by atoms with Gasteiger partial charge in [-0.15, -0.1) is 0 Å². The number of amides is 1. The van der Waals surface area contributed by atoms with E-state index in [-0.39, 0.29) is 18.8 Å². The summed E-state index contributed by atoms with van der Waals surface area (Å²) < 4.78 is 24.0. The molecule has 0 spiro atoms. The Balaban J connectivity index is 1.83. The molecule has 0 bridgehead atoms. The van der Waals surface area contributed by atoms with Crippen LogP contribution in [0.4, 0.5) is 0 Å². The number of carbonyl (C=O) groups excluding carboxylic acids is 2. The van der Waals surface area contributed by atoms with E-state index in [0.717, 1.165) is 5.56 Å². The van der Waals surface area contributed by atoms with Crippen molar-refractivity contribution in [3.8, 4) is 17.2 Å². The summed E-state index contributed by atoms with van der Waals surface area (Å²) in [5, 5.41) is 0. The third kappa shape index (κ3) is 6.09. The van der Waals surface area contributed by atoms with Crippen molar-refractivity contribution >= 4 is 29.3 Å². The van der Waals surface area contributed by atoms with Crippen LogP contribution in [0.2, 0.25) is 0 Å². The molecule has 0 unspecified atom stereocenters. The van der Waals surface area contributed by atoms with Crippen LogP contribution in [-0.2, 0) is 14.3 Å². The Morgan fingerprint density at radius 2 is 1.73 bits per heavy atom. The topological polar surface area (TPSA) is 131 Å². The smallest absolute Gasteiger partial charge is 0.338 e. The van der Waals surface area contributed by atoms with Crippen LogP contribution in [0.1, 0.15) is 44.9 Å². The molecule has 2 heterocycles. The first-order valence-electron chi connectivity index (χ1n) is 12.9. The number of esters is 1. The standard InChI is InChI=1S/C29H31N3O7S/c1-5-36-20-11-9-19(10-12-20)26-25(28(35)38-7-3)17(4)31-29-32(26)27(34)23(40-29)15-18-8-13-21(39-16-24(30)33)22(14-18)37-6-2/h8-15,26H,5-7,16H2,1-4H3,(H2,30,33)/b23-15+/t26-/m0/s1. The Hall–Kier alpha value is -4.38. The van der Waals surface area contributed by atoms with Crippen LogP contribution in [0.5, 0.6) is 17.2 Å². The van der Waals surface area contributed by atoms with E-state index < -0.39 is 17.9 Å². The van der Waals surface area contributed by atoms with E-state index in [4.69, 9.17) is 24.7 Å². The fourth-order valence-electron chi connectivity index (χ4n) is 4.32. The minimum atomic E-state index is -0.725. The third-order valence-electron chi connectivity index (χ3n) is 5.96. The van der Waals surface area contributed by atoms with E-state index in [9.17, 15) is 14.4 Å². The molecule has 0 radical (unpaired) electrons. The first kappa shape index (κ1) is 28.6. The van der Waals surface area contributed by atoms with Crippen molar-refractivity contribution in [2.24, 2.45) is 10.7 Å². The summed E-state index contributed by atoms with van der Waals surface area (Å²) >= 11 is 1.22. The number of thiazole rings is 1. The van der Waals surface area contributed by atoms with Gasteiger partial charge in [-0.3, -0.25) is 14.2 Å². The molecule has 0 fully saturated rings. The molecule has 1 aliphatic heterocycles. The lowest BCUT2D eigenvalue weighted by Gasteiger charge is -2.24. The molecule has 0 aliphatic carbocycles. The van der Waals surface area contributed by atoms with E-state index in [2.05, 4.69) is 4.99 Å². The molecule has 10 nitrogen and oxygen atoms in total. The molecule has 210 valence electrons. The molecule has 11 heteroatoms. The van der Waals surface area contributed by atoms with E-state index in [1.165, 1.54) is 15.9 Å². The number of carbonyl (C=O) groups is 2. The largest absolute Gasteiger partial charge is 0.494 e. The first-order valence-corrected chi connectivity index (χ1v) is 13.7. The molecule has 1 atom stereocenters. The van der Waals surface area contributed by atoms with Crippen LogP contribution in [0.3, 0.4) is 0 Å². The van der Waals surface area contributed by atoms with Crippen molar-refractivity contribution in [1.29, 1.82) is 0 Å². The fraction of sp³-hybridized carbons (Fsp3) is 0.310. The number of allylic oxidation sites excluding steroid dienone is 1. The number of rotatable bonds is 11. The van der Waals surface area contributed by atoms with Crippen LogP contribution in [-0.4, -0.2) is 42.9 Å². The van der Waals surface area contributed by atoms with Gasteiger partial charge >= 0.3 is 5.97 Å². The fourth-order valence-corrected chi connectivity index (χ4v) is 5.37. The Morgan fingerprint density at radius 3 is 2.38 bits per heavy atom. The lowest BCUT2D eigenvalue weighted by Crippen LogP contribution is -2.39. The van der Waals surface area contributed by atoms with Gasteiger partial charge in [0.05, 0.1) is 41.7 Å². The molecule has 1 aliphatic rings. The Bertz CT molecular complexity index is 1620. The van der Waals surface area contributed by atoms with Crippen LogP contribution >= 0.6 is 11.3 Å². The van der Waals surface area contributed by atoms with Gasteiger partial charge in [0.2, 0.25) is 0 Å². The maximum absolute atomic E-state index is 13.8. The predicted molar refractivity (Wildman–Crippen MR) is 150 cm³/mol. The summed E-state index contributed by atoms with van der Waals surface area (Å²) in [4.78, 5) is 43.1. The summed E-state index contributed by atoms with van der Waals surface area (Å²) in [6.45, 7) is 7.99. The molecular weight excluding hydrogens is 534 g/mol. The van der Waals surface area contributed by atoms with E-state index in [1.54, 1.807) is 38.1 Å². The van der Waals surface area contributed by atoms with E-state index >= 15 is 0 Å². The molecule has 1 aromatic heterocycles. The second-order valence-electron chi connectivity index (χ2n) is 8.70. The Morgan fingerprint density at radius 1 is 1.00 bits per heavy atom. The van der Waals surface area contributed by atoms with Gasteiger partial charge in [0.25, 0.3) is 11.5 Å². The Kier molecular flexibility index (Phi) is 9.05. The zero-order valence-corrected chi connectivity index (χ0v) is 23.6.